The van der Waals surface area contributed by atoms with Crippen LogP contribution < -0.4 is 4.90 Å². The summed E-state index contributed by atoms with van der Waals surface area (Å²) >= 11 is 0. The lowest BCUT2D eigenvalue weighted by molar-refractivity contribution is -0.384. The molecular formula is C11H10N4O4. The Hall–Kier alpha value is -2.69. The zero-order valence-corrected chi connectivity index (χ0v) is 9.81. The molecule has 19 heavy (non-hydrogen) atoms. The van der Waals surface area contributed by atoms with E-state index >= 15 is 0 Å². The first-order chi connectivity index (χ1) is 9.06. The van der Waals surface area contributed by atoms with E-state index in [0.29, 0.717) is 19.4 Å². The number of rotatable bonds is 3. The number of anilines is 1. The normalized spacial score (nSPS) is 18.1. The van der Waals surface area contributed by atoms with Crippen molar-refractivity contribution in [3.8, 4) is 6.07 Å². The third-order valence-electron chi connectivity index (χ3n) is 3.02. The maximum Gasteiger partial charge on any atom is 0.329 e. The predicted octanol–water partition coefficient (Wildman–Crippen LogP) is 0.915. The van der Waals surface area contributed by atoms with Crippen LogP contribution in [0.25, 0.3) is 0 Å². The molecule has 1 aromatic rings. The summed E-state index contributed by atoms with van der Waals surface area (Å²) in [5.74, 6) is -1.09. The predicted molar refractivity (Wildman–Crippen MR) is 63.6 cm³/mol. The molecule has 8 nitrogen and oxygen atoms in total. The van der Waals surface area contributed by atoms with Crippen molar-refractivity contribution >= 4 is 17.5 Å². The minimum Gasteiger partial charge on any atom is -0.480 e. The van der Waals surface area contributed by atoms with E-state index in [1.165, 1.54) is 17.2 Å². The lowest BCUT2D eigenvalue weighted by Gasteiger charge is -2.22. The molecule has 1 N–H and O–H groups in total. The van der Waals surface area contributed by atoms with Gasteiger partial charge >= 0.3 is 11.7 Å². The highest BCUT2D eigenvalue weighted by Gasteiger charge is 2.36. The molecule has 2 heterocycles. The molecule has 1 aliphatic heterocycles. The van der Waals surface area contributed by atoms with Crippen LogP contribution in [0, 0.1) is 21.4 Å². The number of nitrogens with zero attached hydrogens (tertiary/aromatic N) is 4. The van der Waals surface area contributed by atoms with Crippen molar-refractivity contribution in [2.45, 2.75) is 18.9 Å². The molecule has 1 unspecified atom stereocenters. The Morgan fingerprint density at radius 3 is 3.00 bits per heavy atom. The molecule has 1 atom stereocenters. The SMILES string of the molecule is N#Cc1ccnc(N2CCCC2C(=O)O)c1[N+](=O)[O-]. The molecule has 0 bridgehead atoms. The lowest BCUT2D eigenvalue weighted by Crippen LogP contribution is -2.36. The highest BCUT2D eigenvalue weighted by Crippen LogP contribution is 2.33. The number of nitriles is 1. The van der Waals surface area contributed by atoms with E-state index in [1.54, 1.807) is 6.07 Å². The molecule has 0 radical (unpaired) electrons. The molecule has 98 valence electrons. The zero-order chi connectivity index (χ0) is 14.0. The Balaban J connectivity index is 2.54. The van der Waals surface area contributed by atoms with Gasteiger partial charge in [0.1, 0.15) is 17.7 Å². The highest BCUT2D eigenvalue weighted by atomic mass is 16.6. The summed E-state index contributed by atoms with van der Waals surface area (Å²) in [4.78, 5) is 26.8. The summed E-state index contributed by atoms with van der Waals surface area (Å²) in [6.07, 6.45) is 2.30. The van der Waals surface area contributed by atoms with Gasteiger partial charge in [0.05, 0.1) is 4.92 Å². The van der Waals surface area contributed by atoms with Crippen LogP contribution in [0.3, 0.4) is 0 Å². The van der Waals surface area contributed by atoms with E-state index in [2.05, 4.69) is 4.98 Å². The number of nitro groups is 1. The number of hydrogen-bond acceptors (Lipinski definition) is 6. The van der Waals surface area contributed by atoms with Crippen molar-refractivity contribution < 1.29 is 14.8 Å². The van der Waals surface area contributed by atoms with Gasteiger partial charge in [-0.15, -0.1) is 0 Å². The molecule has 0 saturated carbocycles. The maximum atomic E-state index is 11.1. The molecule has 0 spiro atoms. The topological polar surface area (TPSA) is 120 Å². The average molecular weight is 262 g/mol. The van der Waals surface area contributed by atoms with Crippen LogP contribution in [-0.2, 0) is 4.79 Å². The first-order valence-corrected chi connectivity index (χ1v) is 5.59. The summed E-state index contributed by atoms with van der Waals surface area (Å²) in [7, 11) is 0. The van der Waals surface area contributed by atoms with Crippen LogP contribution in [0.2, 0.25) is 0 Å². The quantitative estimate of drug-likeness (QED) is 0.634. The molecule has 1 aliphatic rings. The van der Waals surface area contributed by atoms with Gasteiger partial charge in [0.15, 0.2) is 0 Å². The molecule has 8 heteroatoms. The van der Waals surface area contributed by atoms with Gasteiger partial charge in [-0.25, -0.2) is 9.78 Å². The third kappa shape index (κ3) is 2.18. The number of hydrogen-bond donors (Lipinski definition) is 1. The molecule has 1 saturated heterocycles. The highest BCUT2D eigenvalue weighted by molar-refractivity contribution is 5.80. The third-order valence-corrected chi connectivity index (χ3v) is 3.02. The molecule has 0 aromatic carbocycles. The number of pyridine rings is 1. The van der Waals surface area contributed by atoms with E-state index in [0.717, 1.165) is 0 Å². The standard InChI is InChI=1S/C11H10N4O4/c12-6-7-3-4-13-10(9(7)15(18)19)14-5-1-2-8(14)11(16)17/h3-4,8H,1-2,5H2,(H,16,17). The van der Waals surface area contributed by atoms with Crippen LogP contribution in [0.4, 0.5) is 11.5 Å². The minimum absolute atomic E-state index is 0.0473. The van der Waals surface area contributed by atoms with Gasteiger partial charge in [0.25, 0.3) is 0 Å². The van der Waals surface area contributed by atoms with Crippen LogP contribution in [0.15, 0.2) is 12.3 Å². The van der Waals surface area contributed by atoms with Gasteiger partial charge in [-0.05, 0) is 18.9 Å². The van der Waals surface area contributed by atoms with Crippen molar-refractivity contribution in [3.63, 3.8) is 0 Å². The van der Waals surface area contributed by atoms with E-state index < -0.39 is 22.6 Å². The van der Waals surface area contributed by atoms with Crippen LogP contribution >= 0.6 is 0 Å². The number of aliphatic carboxylic acids is 1. The number of carbonyl (C=O) groups is 1. The Morgan fingerprint density at radius 2 is 2.42 bits per heavy atom. The van der Waals surface area contributed by atoms with E-state index in [4.69, 9.17) is 10.4 Å². The molecule has 1 fully saturated rings. The van der Waals surface area contributed by atoms with Crippen LogP contribution in [0.5, 0.6) is 0 Å². The Kier molecular flexibility index (Phi) is 3.29. The van der Waals surface area contributed by atoms with Crippen molar-refractivity contribution in [2.75, 3.05) is 11.4 Å². The smallest absolute Gasteiger partial charge is 0.329 e. The van der Waals surface area contributed by atoms with Gasteiger partial charge in [-0.1, -0.05) is 0 Å². The van der Waals surface area contributed by atoms with Gasteiger partial charge in [-0.2, -0.15) is 5.26 Å². The fraction of sp³-hybridized carbons (Fsp3) is 0.364. The monoisotopic (exact) mass is 262 g/mol. The summed E-state index contributed by atoms with van der Waals surface area (Å²) < 4.78 is 0. The second-order valence-electron chi connectivity index (χ2n) is 4.09. The second-order valence-corrected chi connectivity index (χ2v) is 4.09. The van der Waals surface area contributed by atoms with E-state index in [-0.39, 0.29) is 11.4 Å². The van der Waals surface area contributed by atoms with Gasteiger partial charge in [0, 0.05) is 12.7 Å². The fourth-order valence-electron chi connectivity index (χ4n) is 2.20. The summed E-state index contributed by atoms with van der Waals surface area (Å²) in [6, 6.07) is 2.14. The van der Waals surface area contributed by atoms with Gasteiger partial charge in [0.2, 0.25) is 5.82 Å². The molecule has 0 aliphatic carbocycles. The Labute approximate surface area is 108 Å². The summed E-state index contributed by atoms with van der Waals surface area (Å²) in [6.45, 7) is 0.375. The summed E-state index contributed by atoms with van der Waals surface area (Å²) in [5.41, 5.74) is -0.552. The minimum atomic E-state index is -1.05. The van der Waals surface area contributed by atoms with Crippen molar-refractivity contribution in [3.05, 3.63) is 27.9 Å². The van der Waals surface area contributed by atoms with Crippen molar-refractivity contribution in [1.82, 2.24) is 4.98 Å². The van der Waals surface area contributed by atoms with Crippen molar-refractivity contribution in [2.24, 2.45) is 0 Å². The summed E-state index contributed by atoms with van der Waals surface area (Å²) in [5, 5.41) is 29.1. The molecule has 2 rings (SSSR count). The number of carboxylic acids is 1. The largest absolute Gasteiger partial charge is 0.480 e. The Morgan fingerprint density at radius 1 is 1.68 bits per heavy atom. The van der Waals surface area contributed by atoms with Gasteiger partial charge in [-0.3, -0.25) is 10.1 Å². The molecule has 0 amide bonds. The van der Waals surface area contributed by atoms with Crippen molar-refractivity contribution in [1.29, 1.82) is 5.26 Å². The Bertz CT molecular complexity index is 581. The number of carboxylic acid groups (broad SMARTS) is 1. The van der Waals surface area contributed by atoms with Crippen LogP contribution in [-0.4, -0.2) is 33.6 Å². The zero-order valence-electron chi connectivity index (χ0n) is 9.81. The van der Waals surface area contributed by atoms with E-state index in [1.807, 2.05) is 0 Å². The molecule has 1 aromatic heterocycles. The first kappa shape index (κ1) is 12.8. The molecular weight excluding hydrogens is 252 g/mol. The van der Waals surface area contributed by atoms with Gasteiger partial charge < -0.3 is 10.0 Å². The maximum absolute atomic E-state index is 11.1. The number of aromatic nitrogens is 1. The first-order valence-electron chi connectivity index (χ1n) is 5.59. The van der Waals surface area contributed by atoms with E-state index in [9.17, 15) is 14.9 Å². The second kappa shape index (κ2) is 4.89. The fourth-order valence-corrected chi connectivity index (χ4v) is 2.20. The van der Waals surface area contributed by atoms with Crippen LogP contribution in [0.1, 0.15) is 18.4 Å². The lowest BCUT2D eigenvalue weighted by atomic mass is 10.2. The average Bonchev–Trinajstić information content (AvgIpc) is 2.86.